The fraction of sp³-hybridized carbons (Fsp3) is 0.533. The molecule has 0 N–H and O–H groups in total. The molecule has 1 aliphatic rings. The average Bonchev–Trinajstić information content (AvgIpc) is 3.02. The van der Waals surface area contributed by atoms with Crippen LogP contribution in [-0.2, 0) is 5.88 Å². The van der Waals surface area contributed by atoms with E-state index in [9.17, 15) is 8.78 Å². The predicted octanol–water partition coefficient (Wildman–Crippen LogP) is 4.90. The molecule has 1 aromatic carbocycles. The molecule has 1 aromatic heterocycles. The number of halogens is 3. The molecule has 0 bridgehead atoms. The smallest absolute Gasteiger partial charge is 0.153 e. The van der Waals surface area contributed by atoms with Crippen LogP contribution in [0.15, 0.2) is 12.1 Å². The second kappa shape index (κ2) is 6.13. The molecule has 0 amide bonds. The lowest BCUT2D eigenvalue weighted by Crippen LogP contribution is -2.18. The molecule has 2 nitrogen and oxygen atoms in total. The van der Waals surface area contributed by atoms with Gasteiger partial charge in [-0.25, -0.2) is 13.8 Å². The minimum absolute atomic E-state index is 0.204. The summed E-state index contributed by atoms with van der Waals surface area (Å²) < 4.78 is 29.5. The average molecular weight is 331 g/mol. The lowest BCUT2D eigenvalue weighted by molar-refractivity contribution is 0.526. The quantitative estimate of drug-likeness (QED) is 0.742. The minimum Gasteiger partial charge on any atom is -0.323 e. The lowest BCUT2D eigenvalue weighted by Gasteiger charge is -2.22. The molecule has 1 heterocycles. The highest BCUT2D eigenvalue weighted by atomic mass is 35.5. The van der Waals surface area contributed by atoms with Crippen LogP contribution in [-0.4, -0.2) is 20.6 Å². The summed E-state index contributed by atoms with van der Waals surface area (Å²) in [6.45, 7) is 2.13. The first kappa shape index (κ1) is 15.1. The Balaban J connectivity index is 2.16. The fourth-order valence-electron chi connectivity index (χ4n) is 3.24. The SMILES string of the molecule is CCSC1CCCC1n1c(CCl)nc2c(F)cc(F)cc21. The van der Waals surface area contributed by atoms with E-state index in [2.05, 4.69) is 11.9 Å². The third kappa shape index (κ3) is 2.66. The van der Waals surface area contributed by atoms with Crippen molar-refractivity contribution in [1.29, 1.82) is 0 Å². The topological polar surface area (TPSA) is 17.8 Å². The Bertz CT molecular complexity index is 659. The summed E-state index contributed by atoms with van der Waals surface area (Å²) >= 11 is 7.89. The van der Waals surface area contributed by atoms with Gasteiger partial charge in [-0.3, -0.25) is 0 Å². The van der Waals surface area contributed by atoms with Crippen molar-refractivity contribution in [2.45, 2.75) is 43.4 Å². The van der Waals surface area contributed by atoms with Gasteiger partial charge in [-0.05, 0) is 24.7 Å². The van der Waals surface area contributed by atoms with E-state index in [0.29, 0.717) is 16.6 Å². The van der Waals surface area contributed by atoms with Crippen LogP contribution in [0, 0.1) is 11.6 Å². The first-order valence-electron chi connectivity index (χ1n) is 7.19. The van der Waals surface area contributed by atoms with E-state index >= 15 is 0 Å². The zero-order valence-corrected chi connectivity index (χ0v) is 13.4. The summed E-state index contributed by atoms with van der Waals surface area (Å²) in [6.07, 6.45) is 3.26. The van der Waals surface area contributed by atoms with Gasteiger partial charge in [0.25, 0.3) is 0 Å². The van der Waals surface area contributed by atoms with E-state index in [0.717, 1.165) is 31.1 Å². The standard InChI is InChI=1S/C15H17ClF2N2S/c1-2-21-13-5-3-4-11(13)20-12-7-9(17)6-10(18)15(12)19-14(20)8-16/h6-7,11,13H,2-5,8H2,1H3. The second-order valence-corrected chi connectivity index (χ2v) is 7.06. The largest absolute Gasteiger partial charge is 0.323 e. The molecule has 21 heavy (non-hydrogen) atoms. The number of aromatic nitrogens is 2. The van der Waals surface area contributed by atoms with E-state index in [1.165, 1.54) is 6.07 Å². The van der Waals surface area contributed by atoms with E-state index in [4.69, 9.17) is 11.6 Å². The molecule has 1 aliphatic carbocycles. The van der Waals surface area contributed by atoms with Gasteiger partial charge in [-0.15, -0.1) is 11.6 Å². The summed E-state index contributed by atoms with van der Waals surface area (Å²) in [4.78, 5) is 4.29. The second-order valence-electron chi connectivity index (χ2n) is 5.28. The number of rotatable bonds is 4. The van der Waals surface area contributed by atoms with Crippen molar-refractivity contribution in [1.82, 2.24) is 9.55 Å². The molecule has 0 radical (unpaired) electrons. The number of hydrogen-bond acceptors (Lipinski definition) is 2. The van der Waals surface area contributed by atoms with E-state index < -0.39 is 11.6 Å². The third-order valence-corrected chi connectivity index (χ3v) is 5.59. The molecule has 0 aliphatic heterocycles. The fourth-order valence-corrected chi connectivity index (χ4v) is 4.67. The van der Waals surface area contributed by atoms with Crippen LogP contribution < -0.4 is 0 Å². The molecule has 2 aromatic rings. The van der Waals surface area contributed by atoms with Crippen LogP contribution in [0.2, 0.25) is 0 Å². The molecule has 1 fully saturated rings. The van der Waals surface area contributed by atoms with Gasteiger partial charge >= 0.3 is 0 Å². The van der Waals surface area contributed by atoms with Crippen molar-refractivity contribution in [2.75, 3.05) is 5.75 Å². The summed E-state index contributed by atoms with van der Waals surface area (Å²) in [5.74, 6) is 0.681. The lowest BCUT2D eigenvalue weighted by atomic mass is 10.2. The maximum atomic E-state index is 13.9. The van der Waals surface area contributed by atoms with E-state index in [1.54, 1.807) is 0 Å². The Kier molecular flexibility index (Phi) is 4.41. The summed E-state index contributed by atoms with van der Waals surface area (Å²) in [5, 5.41) is 0.459. The molecular formula is C15H17ClF2N2S. The number of hydrogen-bond donors (Lipinski definition) is 0. The maximum Gasteiger partial charge on any atom is 0.153 e. The number of imidazole rings is 1. The van der Waals surface area contributed by atoms with E-state index in [-0.39, 0.29) is 17.4 Å². The van der Waals surface area contributed by atoms with Gasteiger partial charge in [-0.1, -0.05) is 13.3 Å². The van der Waals surface area contributed by atoms with Gasteiger partial charge in [0.05, 0.1) is 11.4 Å². The molecule has 0 spiro atoms. The van der Waals surface area contributed by atoms with Crippen molar-refractivity contribution >= 4 is 34.4 Å². The van der Waals surface area contributed by atoms with Gasteiger partial charge in [0.1, 0.15) is 17.2 Å². The number of alkyl halides is 1. The highest BCUT2D eigenvalue weighted by Gasteiger charge is 2.32. The Morgan fingerprint density at radius 3 is 2.90 bits per heavy atom. The van der Waals surface area contributed by atoms with Crippen LogP contribution in [0.1, 0.15) is 38.1 Å². The molecule has 0 saturated heterocycles. The Labute approximate surface area is 131 Å². The van der Waals surface area contributed by atoms with Gasteiger partial charge in [0.15, 0.2) is 5.82 Å². The highest BCUT2D eigenvalue weighted by Crippen LogP contribution is 2.41. The van der Waals surface area contributed by atoms with Crippen LogP contribution in [0.3, 0.4) is 0 Å². The van der Waals surface area contributed by atoms with Gasteiger partial charge in [-0.2, -0.15) is 11.8 Å². The number of thioether (sulfide) groups is 1. The summed E-state index contributed by atoms with van der Waals surface area (Å²) in [5.41, 5.74) is 0.746. The molecule has 1 saturated carbocycles. The minimum atomic E-state index is -0.618. The maximum absolute atomic E-state index is 13.9. The number of benzene rings is 1. The molecule has 2 atom stereocenters. The van der Waals surface area contributed by atoms with Gasteiger partial charge in [0.2, 0.25) is 0 Å². The zero-order chi connectivity index (χ0) is 15.0. The molecular weight excluding hydrogens is 314 g/mol. The van der Waals surface area contributed by atoms with Crippen LogP contribution in [0.4, 0.5) is 8.78 Å². The monoisotopic (exact) mass is 330 g/mol. The van der Waals surface area contributed by atoms with Crippen molar-refractivity contribution < 1.29 is 8.78 Å². The van der Waals surface area contributed by atoms with E-state index in [1.807, 2.05) is 16.3 Å². The third-order valence-electron chi connectivity index (χ3n) is 4.04. The molecule has 6 heteroatoms. The predicted molar refractivity (Wildman–Crippen MR) is 84.0 cm³/mol. The molecule has 3 rings (SSSR count). The van der Waals surface area contributed by atoms with Crippen molar-refractivity contribution in [2.24, 2.45) is 0 Å². The first-order valence-corrected chi connectivity index (χ1v) is 8.77. The number of fused-ring (bicyclic) bond motifs is 1. The first-order chi connectivity index (χ1) is 10.2. The zero-order valence-electron chi connectivity index (χ0n) is 11.8. The highest BCUT2D eigenvalue weighted by molar-refractivity contribution is 7.99. The van der Waals surface area contributed by atoms with Gasteiger partial charge in [0, 0.05) is 17.4 Å². The number of nitrogens with zero attached hydrogens (tertiary/aromatic N) is 2. The molecule has 2 unspecified atom stereocenters. The Hall–Kier alpha value is -0.810. The normalized spacial score (nSPS) is 22.3. The summed E-state index contributed by atoms with van der Waals surface area (Å²) in [7, 11) is 0. The van der Waals surface area contributed by atoms with Crippen molar-refractivity contribution in [3.8, 4) is 0 Å². The Morgan fingerprint density at radius 2 is 2.19 bits per heavy atom. The van der Waals surface area contributed by atoms with Crippen molar-refractivity contribution in [3.05, 3.63) is 29.6 Å². The van der Waals surface area contributed by atoms with Gasteiger partial charge < -0.3 is 4.57 Å². The molecule has 114 valence electrons. The Morgan fingerprint density at radius 1 is 1.38 bits per heavy atom. The van der Waals surface area contributed by atoms with Crippen LogP contribution in [0.5, 0.6) is 0 Å². The van der Waals surface area contributed by atoms with Crippen molar-refractivity contribution in [3.63, 3.8) is 0 Å². The summed E-state index contributed by atoms with van der Waals surface area (Å²) in [6, 6.07) is 2.47. The van der Waals surface area contributed by atoms with Crippen LogP contribution >= 0.6 is 23.4 Å². The van der Waals surface area contributed by atoms with Crippen LogP contribution in [0.25, 0.3) is 11.0 Å².